The van der Waals surface area contributed by atoms with E-state index in [1.807, 2.05) is 35.2 Å². The Bertz CT molecular complexity index is 936. The highest BCUT2D eigenvalue weighted by atomic mass is 32.2. The third-order valence-electron chi connectivity index (χ3n) is 4.90. The summed E-state index contributed by atoms with van der Waals surface area (Å²) in [6.45, 7) is 6.39. The summed E-state index contributed by atoms with van der Waals surface area (Å²) in [5.41, 5.74) is 1.59. The van der Waals surface area contributed by atoms with Crippen LogP contribution in [0.3, 0.4) is 0 Å². The number of hydrogen-bond donors (Lipinski definition) is 1. The first-order valence-corrected chi connectivity index (χ1v) is 10.7. The molecule has 1 aliphatic heterocycles. The zero-order valence-corrected chi connectivity index (χ0v) is 16.4. The molecular weight excluding hydrogens is 376 g/mol. The lowest BCUT2D eigenvalue weighted by atomic mass is 10.2. The summed E-state index contributed by atoms with van der Waals surface area (Å²) >= 11 is 0. The fourth-order valence-corrected chi connectivity index (χ4v) is 5.21. The first-order valence-electron chi connectivity index (χ1n) is 9.13. The van der Waals surface area contributed by atoms with E-state index < -0.39 is 21.2 Å². The highest BCUT2D eigenvalue weighted by molar-refractivity contribution is 7.92. The quantitative estimate of drug-likeness (QED) is 0.720. The first-order chi connectivity index (χ1) is 13.4. The van der Waals surface area contributed by atoms with Crippen LogP contribution in [-0.4, -0.2) is 55.9 Å². The molecule has 148 valence electrons. The average Bonchev–Trinajstić information content (AvgIpc) is 2.69. The molecule has 1 saturated heterocycles. The maximum atomic E-state index is 13.2. The number of hydrogen-bond acceptors (Lipinski definition) is 5. The molecule has 2 aromatic carbocycles. The van der Waals surface area contributed by atoms with Crippen LogP contribution in [0.2, 0.25) is 0 Å². The number of para-hydroxylation sites is 1. The standard InChI is InChI=1S/C21H24N2O4S/c1-2-20(23-13-11-22(12-14-23)18-8-4-3-5-9-18)28(26,27)19-10-6-7-17(15-19)16-21(24)25/h2-10,15,20H,1,11-14,16H2,(H,24,25). The van der Waals surface area contributed by atoms with Gasteiger partial charge in [-0.1, -0.05) is 36.4 Å². The Morgan fingerprint density at radius 3 is 2.36 bits per heavy atom. The molecule has 1 heterocycles. The first kappa shape index (κ1) is 20.1. The lowest BCUT2D eigenvalue weighted by Gasteiger charge is -2.39. The van der Waals surface area contributed by atoms with E-state index in [2.05, 4.69) is 11.5 Å². The van der Waals surface area contributed by atoms with Gasteiger partial charge in [-0.25, -0.2) is 8.42 Å². The number of piperazine rings is 1. The number of carboxylic acids is 1. The van der Waals surface area contributed by atoms with E-state index in [-0.39, 0.29) is 11.3 Å². The highest BCUT2D eigenvalue weighted by Crippen LogP contribution is 2.24. The Kier molecular flexibility index (Phi) is 6.16. The molecule has 3 rings (SSSR count). The van der Waals surface area contributed by atoms with Crippen LogP contribution in [0.25, 0.3) is 0 Å². The summed E-state index contributed by atoms with van der Waals surface area (Å²) in [6, 6.07) is 16.2. The van der Waals surface area contributed by atoms with Gasteiger partial charge in [-0.15, -0.1) is 6.58 Å². The van der Waals surface area contributed by atoms with Crippen LogP contribution >= 0.6 is 0 Å². The second kappa shape index (κ2) is 8.58. The number of sulfone groups is 1. The number of carbonyl (C=O) groups is 1. The van der Waals surface area contributed by atoms with E-state index in [1.54, 1.807) is 12.1 Å². The van der Waals surface area contributed by atoms with Crippen LogP contribution in [0.15, 0.2) is 72.1 Å². The van der Waals surface area contributed by atoms with E-state index in [0.29, 0.717) is 18.7 Å². The maximum Gasteiger partial charge on any atom is 0.307 e. The van der Waals surface area contributed by atoms with Gasteiger partial charge in [-0.05, 0) is 29.8 Å². The Morgan fingerprint density at radius 1 is 1.07 bits per heavy atom. The van der Waals surface area contributed by atoms with E-state index >= 15 is 0 Å². The SMILES string of the molecule is C=CC(N1CCN(c2ccccc2)CC1)S(=O)(=O)c1cccc(CC(=O)O)c1. The van der Waals surface area contributed by atoms with Crippen molar-refractivity contribution < 1.29 is 18.3 Å². The van der Waals surface area contributed by atoms with Crippen LogP contribution in [0.1, 0.15) is 5.56 Å². The highest BCUT2D eigenvalue weighted by Gasteiger charge is 2.32. The van der Waals surface area contributed by atoms with Crippen molar-refractivity contribution in [1.82, 2.24) is 4.90 Å². The fourth-order valence-electron chi connectivity index (χ4n) is 3.49. The molecule has 1 atom stereocenters. The van der Waals surface area contributed by atoms with Gasteiger partial charge in [0.05, 0.1) is 11.3 Å². The van der Waals surface area contributed by atoms with Crippen molar-refractivity contribution >= 4 is 21.5 Å². The Labute approximate surface area is 165 Å². The summed E-state index contributed by atoms with van der Waals surface area (Å²) in [5, 5.41) is 8.12. The van der Waals surface area contributed by atoms with E-state index in [4.69, 9.17) is 5.11 Å². The molecule has 0 aliphatic carbocycles. The predicted octanol–water partition coefficient (Wildman–Crippen LogP) is 2.42. The molecule has 1 N–H and O–H groups in total. The van der Waals surface area contributed by atoms with Crippen molar-refractivity contribution in [2.24, 2.45) is 0 Å². The van der Waals surface area contributed by atoms with Gasteiger partial charge < -0.3 is 10.0 Å². The molecule has 28 heavy (non-hydrogen) atoms. The number of nitrogens with zero attached hydrogens (tertiary/aromatic N) is 2. The fraction of sp³-hybridized carbons (Fsp3) is 0.286. The van der Waals surface area contributed by atoms with Crippen LogP contribution < -0.4 is 4.90 Å². The number of rotatable bonds is 7. The molecule has 0 saturated carbocycles. The second-order valence-corrected chi connectivity index (χ2v) is 8.79. The van der Waals surface area contributed by atoms with Gasteiger partial charge in [0.15, 0.2) is 9.84 Å². The topological polar surface area (TPSA) is 77.9 Å². The minimum atomic E-state index is -3.69. The molecule has 0 aromatic heterocycles. The smallest absolute Gasteiger partial charge is 0.307 e. The van der Waals surface area contributed by atoms with Crippen molar-refractivity contribution in [1.29, 1.82) is 0 Å². The number of benzene rings is 2. The zero-order chi connectivity index (χ0) is 20.1. The lowest BCUT2D eigenvalue weighted by molar-refractivity contribution is -0.136. The van der Waals surface area contributed by atoms with Gasteiger partial charge in [0, 0.05) is 31.9 Å². The van der Waals surface area contributed by atoms with Gasteiger partial charge in [0.25, 0.3) is 0 Å². The molecule has 2 aromatic rings. The van der Waals surface area contributed by atoms with Crippen molar-refractivity contribution in [2.75, 3.05) is 31.1 Å². The summed E-state index contributed by atoms with van der Waals surface area (Å²) in [4.78, 5) is 15.2. The van der Waals surface area contributed by atoms with Gasteiger partial charge >= 0.3 is 5.97 Å². The van der Waals surface area contributed by atoms with Crippen LogP contribution in [0.5, 0.6) is 0 Å². The summed E-state index contributed by atoms with van der Waals surface area (Å²) in [5.74, 6) is -0.994. The Balaban J connectivity index is 1.76. The molecule has 1 unspecified atom stereocenters. The molecule has 6 nitrogen and oxygen atoms in total. The average molecular weight is 401 g/mol. The van der Waals surface area contributed by atoms with Crippen molar-refractivity contribution in [3.63, 3.8) is 0 Å². The van der Waals surface area contributed by atoms with Gasteiger partial charge in [0.1, 0.15) is 5.37 Å². The molecule has 0 bridgehead atoms. The molecule has 0 radical (unpaired) electrons. The Morgan fingerprint density at radius 2 is 1.75 bits per heavy atom. The molecule has 1 aliphatic rings. The molecule has 0 amide bonds. The molecule has 0 spiro atoms. The third-order valence-corrected chi connectivity index (χ3v) is 6.93. The minimum Gasteiger partial charge on any atom is -0.481 e. The van der Waals surface area contributed by atoms with Gasteiger partial charge in [-0.2, -0.15) is 0 Å². The maximum absolute atomic E-state index is 13.2. The summed E-state index contributed by atoms with van der Waals surface area (Å²) in [7, 11) is -3.69. The monoisotopic (exact) mass is 400 g/mol. The summed E-state index contributed by atoms with van der Waals surface area (Å²) < 4.78 is 26.4. The largest absolute Gasteiger partial charge is 0.481 e. The normalized spacial score (nSPS) is 16.5. The van der Waals surface area contributed by atoms with Crippen LogP contribution in [0.4, 0.5) is 5.69 Å². The van der Waals surface area contributed by atoms with E-state index in [1.165, 1.54) is 18.2 Å². The molecule has 1 fully saturated rings. The number of carboxylic acid groups (broad SMARTS) is 1. The zero-order valence-electron chi connectivity index (χ0n) is 15.6. The summed E-state index contributed by atoms with van der Waals surface area (Å²) in [6.07, 6.45) is 1.25. The van der Waals surface area contributed by atoms with E-state index in [0.717, 1.165) is 18.8 Å². The predicted molar refractivity (Wildman–Crippen MR) is 109 cm³/mol. The van der Waals surface area contributed by atoms with Crippen molar-refractivity contribution in [2.45, 2.75) is 16.7 Å². The molecule has 7 heteroatoms. The van der Waals surface area contributed by atoms with Gasteiger partial charge in [-0.3, -0.25) is 9.69 Å². The lowest BCUT2D eigenvalue weighted by Crippen LogP contribution is -2.52. The van der Waals surface area contributed by atoms with Crippen molar-refractivity contribution in [3.05, 3.63) is 72.8 Å². The third kappa shape index (κ3) is 4.43. The van der Waals surface area contributed by atoms with Crippen LogP contribution in [-0.2, 0) is 21.1 Å². The molecular formula is C21H24N2O4S. The van der Waals surface area contributed by atoms with Crippen LogP contribution in [0, 0.1) is 0 Å². The van der Waals surface area contributed by atoms with Gasteiger partial charge in [0.2, 0.25) is 0 Å². The number of aliphatic carboxylic acids is 1. The second-order valence-electron chi connectivity index (χ2n) is 6.75. The minimum absolute atomic E-state index is 0.127. The van der Waals surface area contributed by atoms with Crippen molar-refractivity contribution in [3.8, 4) is 0 Å². The Hall–Kier alpha value is -2.64. The number of anilines is 1. The van der Waals surface area contributed by atoms with E-state index in [9.17, 15) is 13.2 Å².